The molecule has 0 unspecified atom stereocenters. The monoisotopic (exact) mass is 794 g/mol. The summed E-state index contributed by atoms with van der Waals surface area (Å²) < 4.78 is 5.51. The molecule has 278 valence electrons. The first-order valence-corrected chi connectivity index (χ1v) is 22.2. The Morgan fingerprint density at radius 1 is 0.233 bits per heavy atom. The van der Waals surface area contributed by atoms with E-state index in [4.69, 9.17) is 0 Å². The minimum Gasteiger partial charge on any atom is -0.134 e. The smallest absolute Gasteiger partial charge is 0.0534 e. The Morgan fingerprint density at radius 2 is 0.733 bits per heavy atom. The SMILES string of the molecule is c1ccc2c(-c3ccc(-c4c5ccccc5c(-c5ccc(-c6ccc7cc8sc9c(ccc%10c%11ccccc%11sc%109)c8cc7c6)cc5)c5ccccc45)cc3)cccc2c1. The molecule has 0 aliphatic carbocycles. The molecule has 0 amide bonds. The maximum atomic E-state index is 2.41. The maximum Gasteiger partial charge on any atom is 0.0534 e. The van der Waals surface area contributed by atoms with E-state index < -0.39 is 0 Å². The topological polar surface area (TPSA) is 0 Å². The fourth-order valence-electron chi connectivity index (χ4n) is 9.81. The van der Waals surface area contributed by atoms with Crippen LogP contribution in [0.2, 0.25) is 0 Å². The maximum absolute atomic E-state index is 2.41. The summed E-state index contributed by atoms with van der Waals surface area (Å²) in [5.74, 6) is 0. The Balaban J connectivity index is 0.894. The van der Waals surface area contributed by atoms with Crippen molar-refractivity contribution in [3.05, 3.63) is 206 Å². The lowest BCUT2D eigenvalue weighted by Gasteiger charge is -2.18. The zero-order chi connectivity index (χ0) is 39.3. The minimum absolute atomic E-state index is 1.22. The second-order valence-electron chi connectivity index (χ2n) is 16.0. The van der Waals surface area contributed by atoms with E-state index in [9.17, 15) is 0 Å². The van der Waals surface area contributed by atoms with Crippen molar-refractivity contribution >= 4 is 106 Å². The molecule has 0 N–H and O–H groups in total. The van der Waals surface area contributed by atoms with E-state index in [1.54, 1.807) is 0 Å². The molecule has 2 heteroatoms. The molecule has 60 heavy (non-hydrogen) atoms. The van der Waals surface area contributed by atoms with E-state index in [0.717, 1.165) is 0 Å². The first-order valence-electron chi connectivity index (χ1n) is 20.6. The van der Waals surface area contributed by atoms with Gasteiger partial charge in [0.25, 0.3) is 0 Å². The number of benzene rings is 11. The summed E-state index contributed by atoms with van der Waals surface area (Å²) in [5.41, 5.74) is 9.96. The van der Waals surface area contributed by atoms with Gasteiger partial charge in [-0.05, 0) is 112 Å². The van der Waals surface area contributed by atoms with Gasteiger partial charge in [-0.2, -0.15) is 0 Å². The van der Waals surface area contributed by atoms with Crippen molar-refractivity contribution in [2.75, 3.05) is 0 Å². The lowest BCUT2D eigenvalue weighted by atomic mass is 9.85. The summed E-state index contributed by atoms with van der Waals surface area (Å²) in [5, 5.41) is 15.6. The molecule has 0 aliphatic rings. The Labute approximate surface area is 354 Å². The molecular formula is C58H34S2. The highest BCUT2D eigenvalue weighted by atomic mass is 32.1. The van der Waals surface area contributed by atoms with Crippen molar-refractivity contribution in [1.82, 2.24) is 0 Å². The summed E-state index contributed by atoms with van der Waals surface area (Å²) in [7, 11) is 0. The normalized spacial score (nSPS) is 12.0. The van der Waals surface area contributed by atoms with Gasteiger partial charge in [0.1, 0.15) is 0 Å². The fourth-order valence-corrected chi connectivity index (χ4v) is 12.4. The summed E-state index contributed by atoms with van der Waals surface area (Å²) >= 11 is 3.85. The standard InChI is InChI=1S/C58H34S2/c1-2-12-43-36(10-1)11-9-18-44(43)37-22-26-39(27-23-37)56-48-16-5-3-14-46(48)55(47-15-4-6-17-49(47)56)38-24-20-35(21-25-38)40-28-29-41-34-54-52(33-42(41)32-40)51-31-30-50-45-13-7-8-19-53(45)59-57(50)58(51)60-54/h1-34H. The first kappa shape index (κ1) is 33.8. The van der Waals surface area contributed by atoms with Crippen LogP contribution in [-0.2, 0) is 0 Å². The highest BCUT2D eigenvalue weighted by Gasteiger charge is 2.18. The van der Waals surface area contributed by atoms with Crippen LogP contribution >= 0.6 is 22.7 Å². The van der Waals surface area contributed by atoms with Crippen LogP contribution in [0.5, 0.6) is 0 Å². The van der Waals surface area contributed by atoms with Gasteiger partial charge in [0.05, 0.1) is 9.40 Å². The van der Waals surface area contributed by atoms with Gasteiger partial charge in [-0.1, -0.05) is 182 Å². The molecule has 0 nitrogen and oxygen atoms in total. The molecule has 0 spiro atoms. The van der Waals surface area contributed by atoms with Gasteiger partial charge in [0, 0.05) is 30.9 Å². The molecule has 11 aromatic carbocycles. The molecule has 0 aliphatic heterocycles. The minimum atomic E-state index is 1.22. The number of thiophene rings is 2. The largest absolute Gasteiger partial charge is 0.134 e. The van der Waals surface area contributed by atoms with Crippen LogP contribution in [0.3, 0.4) is 0 Å². The Bertz CT molecular complexity index is 3800. The summed E-state index contributed by atoms with van der Waals surface area (Å²) in [6.07, 6.45) is 0. The quantitative estimate of drug-likeness (QED) is 0.156. The summed E-state index contributed by atoms with van der Waals surface area (Å²) in [4.78, 5) is 0. The van der Waals surface area contributed by atoms with Crippen molar-refractivity contribution in [3.8, 4) is 44.5 Å². The molecule has 0 saturated heterocycles. The Hall–Kier alpha value is -7.10. The predicted molar refractivity (Wildman–Crippen MR) is 264 cm³/mol. The van der Waals surface area contributed by atoms with Crippen LogP contribution in [0.15, 0.2) is 206 Å². The van der Waals surface area contributed by atoms with Crippen molar-refractivity contribution in [2.24, 2.45) is 0 Å². The Kier molecular flexibility index (Phi) is 7.45. The molecule has 13 aromatic rings. The molecule has 13 rings (SSSR count). The molecule has 2 heterocycles. The second-order valence-corrected chi connectivity index (χ2v) is 18.1. The molecule has 0 bridgehead atoms. The first-order chi connectivity index (χ1) is 29.7. The van der Waals surface area contributed by atoms with Gasteiger partial charge in [-0.3, -0.25) is 0 Å². The third-order valence-electron chi connectivity index (χ3n) is 12.7. The highest BCUT2D eigenvalue weighted by molar-refractivity contribution is 7.33. The number of hydrogen-bond donors (Lipinski definition) is 0. The van der Waals surface area contributed by atoms with E-state index in [1.165, 1.54) is 128 Å². The van der Waals surface area contributed by atoms with Crippen LogP contribution in [0.4, 0.5) is 0 Å². The molecular weight excluding hydrogens is 761 g/mol. The summed E-state index contributed by atoms with van der Waals surface area (Å²) in [6, 6.07) is 76.8. The van der Waals surface area contributed by atoms with Crippen molar-refractivity contribution in [2.45, 2.75) is 0 Å². The third-order valence-corrected chi connectivity index (χ3v) is 15.2. The van der Waals surface area contributed by atoms with Gasteiger partial charge < -0.3 is 0 Å². The van der Waals surface area contributed by atoms with E-state index in [2.05, 4.69) is 206 Å². The van der Waals surface area contributed by atoms with E-state index >= 15 is 0 Å². The van der Waals surface area contributed by atoms with Crippen LogP contribution < -0.4 is 0 Å². The Morgan fingerprint density at radius 3 is 1.40 bits per heavy atom. The van der Waals surface area contributed by atoms with E-state index in [1.807, 2.05) is 22.7 Å². The van der Waals surface area contributed by atoms with Crippen LogP contribution in [-0.4, -0.2) is 0 Å². The van der Waals surface area contributed by atoms with E-state index in [0.29, 0.717) is 0 Å². The predicted octanol–water partition coefficient (Wildman–Crippen LogP) is 17.7. The average Bonchev–Trinajstić information content (AvgIpc) is 3.88. The molecule has 0 saturated carbocycles. The van der Waals surface area contributed by atoms with Gasteiger partial charge in [-0.15, -0.1) is 22.7 Å². The zero-order valence-corrected chi connectivity index (χ0v) is 34.1. The lowest BCUT2D eigenvalue weighted by Crippen LogP contribution is -1.91. The van der Waals surface area contributed by atoms with Crippen LogP contribution in [0.1, 0.15) is 0 Å². The van der Waals surface area contributed by atoms with Gasteiger partial charge in [0.2, 0.25) is 0 Å². The number of rotatable bonds is 4. The van der Waals surface area contributed by atoms with Gasteiger partial charge in [0.15, 0.2) is 0 Å². The van der Waals surface area contributed by atoms with Crippen LogP contribution in [0, 0.1) is 0 Å². The van der Waals surface area contributed by atoms with Crippen LogP contribution in [0.25, 0.3) is 128 Å². The third kappa shape index (κ3) is 5.15. The lowest BCUT2D eigenvalue weighted by molar-refractivity contribution is 1.62. The number of hydrogen-bond acceptors (Lipinski definition) is 2. The van der Waals surface area contributed by atoms with E-state index in [-0.39, 0.29) is 0 Å². The molecule has 0 atom stereocenters. The van der Waals surface area contributed by atoms with Crippen molar-refractivity contribution in [3.63, 3.8) is 0 Å². The van der Waals surface area contributed by atoms with Gasteiger partial charge >= 0.3 is 0 Å². The molecule has 2 aromatic heterocycles. The molecule has 0 radical (unpaired) electrons. The van der Waals surface area contributed by atoms with Gasteiger partial charge in [-0.25, -0.2) is 0 Å². The summed E-state index contributed by atoms with van der Waals surface area (Å²) in [6.45, 7) is 0. The second kappa shape index (κ2) is 13.2. The molecule has 0 fully saturated rings. The van der Waals surface area contributed by atoms with Crippen molar-refractivity contribution in [1.29, 1.82) is 0 Å². The average molecular weight is 795 g/mol. The highest BCUT2D eigenvalue weighted by Crippen LogP contribution is 2.47. The zero-order valence-electron chi connectivity index (χ0n) is 32.4. The number of fused-ring (bicyclic) bond motifs is 11. The fraction of sp³-hybridized carbons (Fsp3) is 0. The van der Waals surface area contributed by atoms with Crippen molar-refractivity contribution < 1.29 is 0 Å².